The van der Waals surface area contributed by atoms with Crippen LogP contribution in [-0.2, 0) is 4.74 Å². The number of aromatic amines is 1. The van der Waals surface area contributed by atoms with Gasteiger partial charge in [0.25, 0.3) is 11.6 Å². The number of amides is 1. The number of ether oxygens (including phenoxy) is 1. The quantitative estimate of drug-likeness (QED) is 0.189. The van der Waals surface area contributed by atoms with Gasteiger partial charge in [-0.2, -0.15) is 0 Å². The van der Waals surface area contributed by atoms with Crippen LogP contribution >= 0.6 is 23.8 Å². The average Bonchev–Trinajstić information content (AvgIpc) is 3.34. The molecule has 3 aromatic carbocycles. The van der Waals surface area contributed by atoms with E-state index in [2.05, 4.69) is 20.6 Å². The Bertz CT molecular complexity index is 1490. The summed E-state index contributed by atoms with van der Waals surface area (Å²) in [5.41, 5.74) is 3.37. The number of hydrogen-bond acceptors (Lipinski definition) is 7. The number of H-pyrrole nitrogens is 1. The summed E-state index contributed by atoms with van der Waals surface area (Å²) in [5.74, 6) is 0.0715. The highest BCUT2D eigenvalue weighted by molar-refractivity contribution is 7.80. The summed E-state index contributed by atoms with van der Waals surface area (Å²) in [6.07, 6.45) is 0. The lowest BCUT2D eigenvalue weighted by Crippen LogP contribution is -2.37. The molecule has 5 rings (SSSR count). The number of nitro groups is 1. The van der Waals surface area contributed by atoms with Gasteiger partial charge in [0, 0.05) is 30.3 Å². The maximum absolute atomic E-state index is 12.8. The van der Waals surface area contributed by atoms with Gasteiger partial charge in [-0.05, 0) is 54.7 Å². The molecule has 2 heterocycles. The highest BCUT2D eigenvalue weighted by Crippen LogP contribution is 2.31. The Labute approximate surface area is 221 Å². The summed E-state index contributed by atoms with van der Waals surface area (Å²) in [4.78, 5) is 33.8. The first-order valence-electron chi connectivity index (χ1n) is 11.4. The second kappa shape index (κ2) is 10.5. The lowest BCUT2D eigenvalue weighted by atomic mass is 10.1. The van der Waals surface area contributed by atoms with Crippen LogP contribution in [0.5, 0.6) is 0 Å². The largest absolute Gasteiger partial charge is 0.378 e. The standard InChI is InChI=1S/C25H21ClN6O4S/c26-17-7-5-15(23-27-18-3-1-2-4-19(18)28-23)13-20(17)29-25(37)30-24(33)16-6-8-21(22(14-16)32(34)35)31-9-11-36-12-10-31/h1-8,13-14H,9-12H2,(H,27,28)(H2,29,30,33,37). The molecule has 3 N–H and O–H groups in total. The Balaban J connectivity index is 1.31. The summed E-state index contributed by atoms with van der Waals surface area (Å²) in [7, 11) is 0. The minimum absolute atomic E-state index is 0.00596. The number of aromatic nitrogens is 2. The fraction of sp³-hybridized carbons (Fsp3) is 0.160. The van der Waals surface area contributed by atoms with Crippen LogP contribution in [0.25, 0.3) is 22.4 Å². The normalized spacial score (nSPS) is 13.4. The van der Waals surface area contributed by atoms with Gasteiger partial charge in [0.05, 0.1) is 39.9 Å². The number of halogens is 1. The lowest BCUT2D eigenvalue weighted by Gasteiger charge is -2.28. The van der Waals surface area contributed by atoms with Crippen LogP contribution in [-0.4, -0.2) is 52.2 Å². The minimum atomic E-state index is -0.585. The highest BCUT2D eigenvalue weighted by atomic mass is 35.5. The third-order valence-electron chi connectivity index (χ3n) is 5.89. The second-order valence-corrected chi connectivity index (χ2v) is 9.08. The van der Waals surface area contributed by atoms with Crippen LogP contribution in [0.3, 0.4) is 0 Å². The predicted octanol–water partition coefficient (Wildman–Crippen LogP) is 4.75. The van der Waals surface area contributed by atoms with Gasteiger partial charge in [0.15, 0.2) is 5.11 Å². The fourth-order valence-corrected chi connectivity index (χ4v) is 4.44. The number of rotatable bonds is 5. The Morgan fingerprint density at radius 1 is 1.14 bits per heavy atom. The molecule has 4 aromatic rings. The molecular weight excluding hydrogens is 516 g/mol. The van der Waals surface area contributed by atoms with Crippen LogP contribution in [0, 0.1) is 10.1 Å². The van der Waals surface area contributed by atoms with Gasteiger partial charge in [0.1, 0.15) is 11.5 Å². The third-order valence-corrected chi connectivity index (χ3v) is 6.42. The Morgan fingerprint density at radius 2 is 1.92 bits per heavy atom. The summed E-state index contributed by atoms with van der Waals surface area (Å²) in [6, 6.07) is 17.3. The van der Waals surface area contributed by atoms with E-state index in [0.717, 1.165) is 16.6 Å². The van der Waals surface area contributed by atoms with Crippen molar-refractivity contribution in [3.8, 4) is 11.4 Å². The van der Waals surface area contributed by atoms with E-state index in [0.29, 0.717) is 48.5 Å². The predicted molar refractivity (Wildman–Crippen MR) is 146 cm³/mol. The van der Waals surface area contributed by atoms with Crippen LogP contribution in [0.2, 0.25) is 5.02 Å². The summed E-state index contributed by atoms with van der Waals surface area (Å²) in [6.45, 7) is 2.04. The van der Waals surface area contributed by atoms with E-state index in [4.69, 9.17) is 28.6 Å². The van der Waals surface area contributed by atoms with Crippen molar-refractivity contribution < 1.29 is 14.5 Å². The molecule has 0 bridgehead atoms. The smallest absolute Gasteiger partial charge is 0.293 e. The number of thiocarbonyl (C=S) groups is 1. The van der Waals surface area contributed by atoms with E-state index >= 15 is 0 Å². The molecule has 10 nitrogen and oxygen atoms in total. The van der Waals surface area contributed by atoms with E-state index < -0.39 is 10.8 Å². The van der Waals surface area contributed by atoms with Crippen LogP contribution in [0.4, 0.5) is 17.1 Å². The number of imidazole rings is 1. The first-order valence-corrected chi connectivity index (χ1v) is 12.2. The number of benzene rings is 3. The van der Waals surface area contributed by atoms with Crippen molar-refractivity contribution in [1.82, 2.24) is 15.3 Å². The molecule has 0 radical (unpaired) electrons. The first-order chi connectivity index (χ1) is 17.9. The molecule has 0 spiro atoms. The fourth-order valence-electron chi connectivity index (χ4n) is 4.07. The monoisotopic (exact) mass is 536 g/mol. The van der Waals surface area contributed by atoms with Crippen molar-refractivity contribution >= 4 is 62.9 Å². The van der Waals surface area contributed by atoms with Gasteiger partial charge in [-0.15, -0.1) is 0 Å². The van der Waals surface area contributed by atoms with Crippen LogP contribution < -0.4 is 15.5 Å². The van der Waals surface area contributed by atoms with E-state index in [-0.39, 0.29) is 16.4 Å². The molecule has 0 saturated carbocycles. The number of nitrogens with one attached hydrogen (secondary N) is 3. The number of carbonyl (C=O) groups excluding carboxylic acids is 1. The van der Waals surface area contributed by atoms with Gasteiger partial charge < -0.3 is 19.9 Å². The molecule has 0 atom stereocenters. The van der Waals surface area contributed by atoms with Gasteiger partial charge in [-0.1, -0.05) is 23.7 Å². The number of para-hydroxylation sites is 2. The van der Waals surface area contributed by atoms with Gasteiger partial charge >= 0.3 is 0 Å². The van der Waals surface area contributed by atoms with E-state index in [1.807, 2.05) is 35.2 Å². The molecule has 188 valence electrons. The maximum atomic E-state index is 12.8. The Kier molecular flexibility index (Phi) is 6.99. The van der Waals surface area contributed by atoms with Gasteiger partial charge in [-0.3, -0.25) is 20.2 Å². The van der Waals surface area contributed by atoms with Crippen molar-refractivity contribution in [2.24, 2.45) is 0 Å². The average molecular weight is 537 g/mol. The molecule has 1 fully saturated rings. The zero-order valence-corrected chi connectivity index (χ0v) is 20.9. The van der Waals surface area contributed by atoms with Crippen LogP contribution in [0.1, 0.15) is 10.4 Å². The van der Waals surface area contributed by atoms with Gasteiger partial charge in [-0.25, -0.2) is 4.98 Å². The van der Waals surface area contributed by atoms with E-state index in [1.165, 1.54) is 12.1 Å². The van der Waals surface area contributed by atoms with Crippen molar-refractivity contribution in [3.05, 3.63) is 81.4 Å². The first kappa shape index (κ1) is 24.6. The maximum Gasteiger partial charge on any atom is 0.293 e. The Hall–Kier alpha value is -4.06. The lowest BCUT2D eigenvalue weighted by molar-refractivity contribution is -0.384. The number of carbonyl (C=O) groups is 1. The second-order valence-electron chi connectivity index (χ2n) is 8.27. The number of anilines is 2. The Morgan fingerprint density at radius 3 is 2.68 bits per heavy atom. The summed E-state index contributed by atoms with van der Waals surface area (Å²) < 4.78 is 5.32. The minimum Gasteiger partial charge on any atom is -0.378 e. The van der Waals surface area contributed by atoms with E-state index in [9.17, 15) is 14.9 Å². The number of fused-ring (bicyclic) bond motifs is 1. The third kappa shape index (κ3) is 5.38. The molecule has 1 aliphatic heterocycles. The van der Waals surface area contributed by atoms with Gasteiger partial charge in [0.2, 0.25) is 0 Å². The molecule has 37 heavy (non-hydrogen) atoms. The van der Waals surface area contributed by atoms with Crippen LogP contribution in [0.15, 0.2) is 60.7 Å². The molecule has 0 aliphatic carbocycles. The zero-order valence-electron chi connectivity index (χ0n) is 19.4. The number of nitro benzene ring substituents is 1. The summed E-state index contributed by atoms with van der Waals surface area (Å²) in [5, 5.41) is 17.6. The van der Waals surface area contributed by atoms with Crippen molar-refractivity contribution in [1.29, 1.82) is 0 Å². The van der Waals surface area contributed by atoms with Crippen molar-refractivity contribution in [2.75, 3.05) is 36.5 Å². The number of hydrogen-bond donors (Lipinski definition) is 3. The number of nitrogens with zero attached hydrogens (tertiary/aromatic N) is 3. The molecular formula is C25H21ClN6O4S. The molecule has 1 amide bonds. The molecule has 1 aliphatic rings. The molecule has 1 aromatic heterocycles. The molecule has 0 unspecified atom stereocenters. The SMILES string of the molecule is O=C(NC(=S)Nc1cc(-c2nc3ccccc3[nH]2)ccc1Cl)c1ccc(N2CCOCC2)c([N+](=O)[O-])c1. The zero-order chi connectivity index (χ0) is 25.9. The topological polar surface area (TPSA) is 125 Å². The molecule has 12 heteroatoms. The molecule has 1 saturated heterocycles. The van der Waals surface area contributed by atoms with Crippen molar-refractivity contribution in [3.63, 3.8) is 0 Å². The van der Waals surface area contributed by atoms with Crippen molar-refractivity contribution in [2.45, 2.75) is 0 Å². The number of morpholine rings is 1. The summed E-state index contributed by atoms with van der Waals surface area (Å²) >= 11 is 11.7. The van der Waals surface area contributed by atoms with E-state index in [1.54, 1.807) is 18.2 Å². The highest BCUT2D eigenvalue weighted by Gasteiger charge is 2.23.